The summed E-state index contributed by atoms with van der Waals surface area (Å²) in [6, 6.07) is 6.24. The normalized spacial score (nSPS) is 13.9. The predicted octanol–water partition coefficient (Wildman–Crippen LogP) is 5.38. The van der Waals surface area contributed by atoms with E-state index in [9.17, 15) is 14.4 Å². The van der Waals surface area contributed by atoms with Crippen molar-refractivity contribution >= 4 is 17.9 Å². The lowest BCUT2D eigenvalue weighted by molar-refractivity contribution is -0.143. The third-order valence-corrected chi connectivity index (χ3v) is 6.12. The standard InChI is InChI=1S/C28H47N3O4/c1-9-13-14-19-29-25(32)24(22-17-15-21(11-3)16-18-22)31(12-4)26(33)23(20(5)10-2)30-27(34)35-28(6,7)8/h15-18,20,23-24H,9-14,19H2,1-8H3,(H,29,32)(H,30,34). The number of unbranched alkanes of at least 4 members (excludes halogenated alkanes) is 2. The zero-order chi connectivity index (χ0) is 26.6. The number of aryl methyl sites for hydroxylation is 1. The number of carbonyl (C=O) groups excluding carboxylic acids is 3. The maximum absolute atomic E-state index is 13.9. The molecule has 0 aromatic heterocycles. The van der Waals surface area contributed by atoms with E-state index in [0.29, 0.717) is 19.5 Å². The number of alkyl carbamates (subject to hydrolysis) is 1. The van der Waals surface area contributed by atoms with Crippen LogP contribution in [0.3, 0.4) is 0 Å². The molecular formula is C28H47N3O4. The van der Waals surface area contributed by atoms with Crippen LogP contribution in [0.15, 0.2) is 24.3 Å². The first kappa shape index (κ1) is 30.5. The first-order valence-electron chi connectivity index (χ1n) is 13.1. The van der Waals surface area contributed by atoms with Gasteiger partial charge >= 0.3 is 6.09 Å². The fourth-order valence-corrected chi connectivity index (χ4v) is 3.85. The van der Waals surface area contributed by atoms with Crippen LogP contribution in [0.25, 0.3) is 0 Å². The van der Waals surface area contributed by atoms with Crippen LogP contribution in [0.4, 0.5) is 4.79 Å². The molecule has 0 saturated heterocycles. The number of amides is 3. The van der Waals surface area contributed by atoms with Crippen LogP contribution in [0.5, 0.6) is 0 Å². The maximum Gasteiger partial charge on any atom is 0.408 e. The van der Waals surface area contributed by atoms with Gasteiger partial charge in [0.2, 0.25) is 11.8 Å². The third kappa shape index (κ3) is 9.90. The molecule has 1 aromatic carbocycles. The van der Waals surface area contributed by atoms with Crippen molar-refractivity contribution in [2.45, 2.75) is 105 Å². The molecule has 0 radical (unpaired) electrons. The Balaban J connectivity index is 3.31. The molecule has 0 aliphatic rings. The molecule has 35 heavy (non-hydrogen) atoms. The van der Waals surface area contributed by atoms with Gasteiger partial charge in [0.15, 0.2) is 0 Å². The van der Waals surface area contributed by atoms with E-state index in [1.807, 2.05) is 45.0 Å². The highest BCUT2D eigenvalue weighted by Gasteiger charge is 2.37. The quantitative estimate of drug-likeness (QED) is 0.364. The minimum Gasteiger partial charge on any atom is -0.444 e. The van der Waals surface area contributed by atoms with Gasteiger partial charge in [-0.2, -0.15) is 0 Å². The number of benzene rings is 1. The molecule has 0 fully saturated rings. The van der Waals surface area contributed by atoms with E-state index in [-0.39, 0.29) is 17.7 Å². The summed E-state index contributed by atoms with van der Waals surface area (Å²) < 4.78 is 5.42. The van der Waals surface area contributed by atoms with Crippen LogP contribution < -0.4 is 10.6 Å². The predicted molar refractivity (Wildman–Crippen MR) is 141 cm³/mol. The monoisotopic (exact) mass is 489 g/mol. The molecule has 3 amide bonds. The summed E-state index contributed by atoms with van der Waals surface area (Å²) in [6.45, 7) is 16.2. The highest BCUT2D eigenvalue weighted by Crippen LogP contribution is 2.25. The van der Waals surface area contributed by atoms with E-state index in [2.05, 4.69) is 24.5 Å². The zero-order valence-corrected chi connectivity index (χ0v) is 23.1. The lowest BCUT2D eigenvalue weighted by Crippen LogP contribution is -2.55. The van der Waals surface area contributed by atoms with Crippen molar-refractivity contribution in [3.05, 3.63) is 35.4 Å². The molecule has 7 nitrogen and oxygen atoms in total. The van der Waals surface area contributed by atoms with Crippen molar-refractivity contribution in [2.24, 2.45) is 5.92 Å². The van der Waals surface area contributed by atoms with Gasteiger partial charge in [-0.25, -0.2) is 4.79 Å². The van der Waals surface area contributed by atoms with Crippen LogP contribution in [0.2, 0.25) is 0 Å². The Bertz CT molecular complexity index is 801. The van der Waals surface area contributed by atoms with E-state index in [1.165, 1.54) is 0 Å². The number of nitrogens with zero attached hydrogens (tertiary/aromatic N) is 1. The van der Waals surface area contributed by atoms with Gasteiger partial charge in [-0.3, -0.25) is 9.59 Å². The molecule has 0 aliphatic carbocycles. The van der Waals surface area contributed by atoms with Gasteiger partial charge in [-0.1, -0.05) is 71.2 Å². The Labute approximate surface area is 212 Å². The summed E-state index contributed by atoms with van der Waals surface area (Å²) in [5.41, 5.74) is 1.24. The first-order valence-corrected chi connectivity index (χ1v) is 13.1. The van der Waals surface area contributed by atoms with Gasteiger partial charge in [0, 0.05) is 13.1 Å². The number of hydrogen-bond donors (Lipinski definition) is 2. The number of nitrogens with one attached hydrogen (secondary N) is 2. The van der Waals surface area contributed by atoms with Gasteiger partial charge < -0.3 is 20.3 Å². The number of ether oxygens (including phenoxy) is 1. The Kier molecular flexibility index (Phi) is 12.8. The number of likely N-dealkylation sites (N-methyl/N-ethyl adjacent to an activating group) is 1. The highest BCUT2D eigenvalue weighted by atomic mass is 16.6. The van der Waals surface area contributed by atoms with Crippen molar-refractivity contribution in [3.8, 4) is 0 Å². The molecule has 0 spiro atoms. The molecule has 0 bridgehead atoms. The second-order valence-corrected chi connectivity index (χ2v) is 10.1. The van der Waals surface area contributed by atoms with Crippen molar-refractivity contribution in [1.82, 2.24) is 15.5 Å². The zero-order valence-electron chi connectivity index (χ0n) is 23.1. The lowest BCUT2D eigenvalue weighted by Gasteiger charge is -2.35. The molecule has 0 aliphatic heterocycles. The first-order chi connectivity index (χ1) is 16.5. The van der Waals surface area contributed by atoms with Gasteiger partial charge in [0.25, 0.3) is 0 Å². The summed E-state index contributed by atoms with van der Waals surface area (Å²) in [7, 11) is 0. The van der Waals surface area contributed by atoms with Gasteiger partial charge in [0.1, 0.15) is 17.7 Å². The fraction of sp³-hybridized carbons (Fsp3) is 0.679. The van der Waals surface area contributed by atoms with Crippen molar-refractivity contribution in [2.75, 3.05) is 13.1 Å². The van der Waals surface area contributed by atoms with Gasteiger partial charge in [-0.05, 0) is 57.6 Å². The Hall–Kier alpha value is -2.57. The fourth-order valence-electron chi connectivity index (χ4n) is 3.85. The third-order valence-electron chi connectivity index (χ3n) is 6.12. The molecule has 198 valence electrons. The largest absolute Gasteiger partial charge is 0.444 e. The molecule has 2 N–H and O–H groups in total. The summed E-state index contributed by atoms with van der Waals surface area (Å²) in [5.74, 6) is -0.637. The number of hydrogen-bond acceptors (Lipinski definition) is 4. The molecule has 1 rings (SSSR count). The summed E-state index contributed by atoms with van der Waals surface area (Å²) in [6.07, 6.45) is 3.91. The van der Waals surface area contributed by atoms with Crippen molar-refractivity contribution < 1.29 is 19.1 Å². The molecular weight excluding hydrogens is 442 g/mol. The minimum absolute atomic E-state index is 0.139. The second kappa shape index (κ2) is 14.7. The topological polar surface area (TPSA) is 87.7 Å². The smallest absolute Gasteiger partial charge is 0.408 e. The molecule has 7 heteroatoms. The molecule has 3 unspecified atom stereocenters. The van der Waals surface area contributed by atoms with Crippen molar-refractivity contribution in [1.29, 1.82) is 0 Å². The van der Waals surface area contributed by atoms with E-state index in [1.54, 1.807) is 25.7 Å². The molecule has 1 aromatic rings. The van der Waals surface area contributed by atoms with Crippen LogP contribution in [0, 0.1) is 5.92 Å². The highest BCUT2D eigenvalue weighted by molar-refractivity contribution is 5.92. The second-order valence-electron chi connectivity index (χ2n) is 10.1. The lowest BCUT2D eigenvalue weighted by atomic mass is 9.95. The van der Waals surface area contributed by atoms with Gasteiger partial charge in [-0.15, -0.1) is 0 Å². The van der Waals surface area contributed by atoms with Crippen LogP contribution >= 0.6 is 0 Å². The summed E-state index contributed by atoms with van der Waals surface area (Å²) in [5, 5.41) is 5.80. The number of carbonyl (C=O) groups is 3. The van der Waals surface area contributed by atoms with E-state index in [4.69, 9.17) is 4.74 Å². The molecule has 0 heterocycles. The average Bonchev–Trinajstić information content (AvgIpc) is 2.81. The molecule has 3 atom stereocenters. The van der Waals surface area contributed by atoms with Crippen LogP contribution in [-0.2, 0) is 20.7 Å². The number of rotatable bonds is 13. The van der Waals surface area contributed by atoms with Crippen LogP contribution in [-0.4, -0.2) is 47.5 Å². The van der Waals surface area contributed by atoms with Gasteiger partial charge in [0.05, 0.1) is 0 Å². The average molecular weight is 490 g/mol. The summed E-state index contributed by atoms with van der Waals surface area (Å²) in [4.78, 5) is 41.4. The van der Waals surface area contributed by atoms with Crippen LogP contribution in [0.1, 0.15) is 98.2 Å². The van der Waals surface area contributed by atoms with E-state index in [0.717, 1.165) is 36.8 Å². The minimum atomic E-state index is -0.805. The maximum atomic E-state index is 13.9. The Morgan fingerprint density at radius 2 is 1.63 bits per heavy atom. The van der Waals surface area contributed by atoms with Crippen molar-refractivity contribution in [3.63, 3.8) is 0 Å². The summed E-state index contributed by atoms with van der Waals surface area (Å²) >= 11 is 0. The Morgan fingerprint density at radius 3 is 2.11 bits per heavy atom. The van der Waals surface area contributed by atoms with E-state index >= 15 is 0 Å². The van der Waals surface area contributed by atoms with E-state index < -0.39 is 23.8 Å². The SMILES string of the molecule is CCCCCNC(=O)C(c1ccc(CC)cc1)N(CC)C(=O)C(NC(=O)OC(C)(C)C)C(C)CC. The molecule has 0 saturated carbocycles. The Morgan fingerprint density at radius 1 is 1.00 bits per heavy atom.